The number of amides is 1. The van der Waals surface area contributed by atoms with E-state index in [1.54, 1.807) is 18.2 Å². The first-order valence-corrected chi connectivity index (χ1v) is 11.6. The second-order valence-corrected chi connectivity index (χ2v) is 8.62. The zero-order valence-electron chi connectivity index (χ0n) is 19.8. The Labute approximate surface area is 196 Å². The van der Waals surface area contributed by atoms with E-state index >= 15 is 0 Å². The third-order valence-corrected chi connectivity index (χ3v) is 5.56. The maximum Gasteiger partial charge on any atom is 0.338 e. The molecule has 33 heavy (non-hydrogen) atoms. The average molecular weight is 455 g/mol. The van der Waals surface area contributed by atoms with Gasteiger partial charge in [-0.15, -0.1) is 0 Å². The van der Waals surface area contributed by atoms with Crippen LogP contribution in [0.5, 0.6) is 11.5 Å². The fraction of sp³-hybridized carbons (Fsp3) is 0.462. The van der Waals surface area contributed by atoms with Crippen LogP contribution in [-0.2, 0) is 9.53 Å². The molecule has 1 heterocycles. The second kappa shape index (κ2) is 12.1. The van der Waals surface area contributed by atoms with Gasteiger partial charge in [-0.25, -0.2) is 4.79 Å². The van der Waals surface area contributed by atoms with Crippen LogP contribution < -0.4 is 19.7 Å². The Morgan fingerprint density at radius 1 is 1.00 bits per heavy atom. The minimum atomic E-state index is -0.599. The third-order valence-electron chi connectivity index (χ3n) is 5.56. The first-order valence-electron chi connectivity index (χ1n) is 11.6. The number of carbonyl (C=O) groups excluding carboxylic acids is 2. The summed E-state index contributed by atoms with van der Waals surface area (Å²) in [5, 5.41) is 2.76. The van der Waals surface area contributed by atoms with E-state index in [0.29, 0.717) is 35.3 Å². The highest BCUT2D eigenvalue weighted by atomic mass is 16.5. The molecule has 0 unspecified atom stereocenters. The monoisotopic (exact) mass is 454 g/mol. The number of esters is 1. The predicted molar refractivity (Wildman–Crippen MR) is 129 cm³/mol. The van der Waals surface area contributed by atoms with Gasteiger partial charge in [0.05, 0.1) is 19.3 Å². The molecule has 3 rings (SSSR count). The van der Waals surface area contributed by atoms with Gasteiger partial charge in [0.25, 0.3) is 5.91 Å². The van der Waals surface area contributed by atoms with E-state index in [9.17, 15) is 9.59 Å². The molecule has 0 saturated carbocycles. The maximum atomic E-state index is 12.4. The van der Waals surface area contributed by atoms with E-state index in [-0.39, 0.29) is 6.61 Å². The molecule has 0 bridgehead atoms. The van der Waals surface area contributed by atoms with Gasteiger partial charge in [-0.3, -0.25) is 4.79 Å². The molecule has 0 atom stereocenters. The smallest absolute Gasteiger partial charge is 0.338 e. The summed E-state index contributed by atoms with van der Waals surface area (Å²) in [5.74, 6) is 0.559. The van der Waals surface area contributed by atoms with Crippen molar-refractivity contribution in [3.05, 3.63) is 48.0 Å². The van der Waals surface area contributed by atoms with E-state index in [4.69, 9.17) is 14.2 Å². The first-order chi connectivity index (χ1) is 16.0. The van der Waals surface area contributed by atoms with Crippen LogP contribution in [0.2, 0.25) is 0 Å². The molecule has 1 aliphatic rings. The lowest BCUT2D eigenvalue weighted by Crippen LogP contribution is -2.29. The fourth-order valence-corrected chi connectivity index (χ4v) is 3.64. The van der Waals surface area contributed by atoms with Crippen molar-refractivity contribution < 1.29 is 23.8 Å². The van der Waals surface area contributed by atoms with Gasteiger partial charge in [-0.05, 0) is 74.1 Å². The van der Waals surface area contributed by atoms with Crippen molar-refractivity contribution in [2.75, 3.05) is 43.6 Å². The van der Waals surface area contributed by atoms with Gasteiger partial charge >= 0.3 is 5.97 Å². The van der Waals surface area contributed by atoms with Crippen molar-refractivity contribution >= 4 is 23.3 Å². The minimum Gasteiger partial charge on any atom is -0.493 e. The van der Waals surface area contributed by atoms with Crippen LogP contribution in [0.1, 0.15) is 49.9 Å². The Morgan fingerprint density at radius 2 is 1.73 bits per heavy atom. The van der Waals surface area contributed by atoms with Crippen molar-refractivity contribution in [1.29, 1.82) is 0 Å². The lowest BCUT2D eigenvalue weighted by molar-refractivity contribution is -0.119. The van der Waals surface area contributed by atoms with Crippen molar-refractivity contribution in [2.24, 2.45) is 5.92 Å². The third kappa shape index (κ3) is 7.41. The molecule has 0 aromatic heterocycles. The van der Waals surface area contributed by atoms with Gasteiger partial charge in [-0.2, -0.15) is 0 Å². The van der Waals surface area contributed by atoms with Crippen molar-refractivity contribution in [3.8, 4) is 11.5 Å². The summed E-state index contributed by atoms with van der Waals surface area (Å²) in [6.45, 7) is 6.58. The van der Waals surface area contributed by atoms with E-state index in [0.717, 1.165) is 25.2 Å². The summed E-state index contributed by atoms with van der Waals surface area (Å²) >= 11 is 0. The standard InChI is InChI=1S/C26H34N2O5/c1-19(2)13-16-32-23-12-7-20(17-24(23)31-3)26(30)33-18-25(29)27-21-8-10-22(11-9-21)28-14-5-4-6-15-28/h7-12,17,19H,4-6,13-16,18H2,1-3H3,(H,27,29). The van der Waals surface area contributed by atoms with E-state index in [1.807, 2.05) is 24.3 Å². The van der Waals surface area contributed by atoms with Gasteiger partial charge in [0.1, 0.15) is 0 Å². The molecule has 1 N–H and O–H groups in total. The Bertz CT molecular complexity index is 921. The lowest BCUT2D eigenvalue weighted by Gasteiger charge is -2.28. The Hall–Kier alpha value is -3.22. The SMILES string of the molecule is COc1cc(C(=O)OCC(=O)Nc2ccc(N3CCCCC3)cc2)ccc1OCCC(C)C. The lowest BCUT2D eigenvalue weighted by atomic mass is 10.1. The summed E-state index contributed by atoms with van der Waals surface area (Å²) in [5.41, 5.74) is 2.12. The molecule has 0 spiro atoms. The quantitative estimate of drug-likeness (QED) is 0.514. The van der Waals surface area contributed by atoms with Crippen LogP contribution in [0.3, 0.4) is 0 Å². The van der Waals surface area contributed by atoms with Crippen LogP contribution in [0.25, 0.3) is 0 Å². The number of hydrogen-bond acceptors (Lipinski definition) is 6. The van der Waals surface area contributed by atoms with Gasteiger partial charge in [0, 0.05) is 24.5 Å². The number of nitrogens with zero attached hydrogens (tertiary/aromatic N) is 1. The summed E-state index contributed by atoms with van der Waals surface area (Å²) in [4.78, 5) is 27.0. The Kier molecular flexibility index (Phi) is 8.98. The number of anilines is 2. The van der Waals surface area contributed by atoms with Gasteiger partial charge in [-0.1, -0.05) is 13.8 Å². The molecule has 7 heteroatoms. The molecule has 1 aliphatic heterocycles. The molecule has 0 radical (unpaired) electrons. The number of benzene rings is 2. The van der Waals surface area contributed by atoms with E-state index in [1.165, 1.54) is 26.4 Å². The minimum absolute atomic E-state index is 0.293. The van der Waals surface area contributed by atoms with E-state index < -0.39 is 11.9 Å². The zero-order valence-corrected chi connectivity index (χ0v) is 19.8. The molecule has 2 aromatic carbocycles. The number of rotatable bonds is 10. The van der Waals surface area contributed by atoms with Crippen molar-refractivity contribution in [3.63, 3.8) is 0 Å². The predicted octanol–water partition coefficient (Wildman–Crippen LogP) is 4.91. The highest BCUT2D eigenvalue weighted by Gasteiger charge is 2.15. The van der Waals surface area contributed by atoms with Gasteiger partial charge < -0.3 is 24.4 Å². The molecule has 2 aromatic rings. The summed E-state index contributed by atoms with van der Waals surface area (Å²) in [6.07, 6.45) is 4.63. The van der Waals surface area contributed by atoms with Crippen LogP contribution in [0.15, 0.2) is 42.5 Å². The second-order valence-electron chi connectivity index (χ2n) is 8.62. The number of hydrogen-bond donors (Lipinski definition) is 1. The molecular formula is C26H34N2O5. The highest BCUT2D eigenvalue weighted by molar-refractivity contribution is 5.95. The normalized spacial score (nSPS) is 13.5. The number of piperidine rings is 1. The van der Waals surface area contributed by atoms with Gasteiger partial charge in [0.15, 0.2) is 18.1 Å². The summed E-state index contributed by atoms with van der Waals surface area (Å²) in [7, 11) is 1.52. The van der Waals surface area contributed by atoms with Crippen molar-refractivity contribution in [2.45, 2.75) is 39.5 Å². The number of ether oxygens (including phenoxy) is 3. The molecule has 178 valence electrons. The van der Waals surface area contributed by atoms with Gasteiger partial charge in [0.2, 0.25) is 0 Å². The zero-order chi connectivity index (χ0) is 23.6. The van der Waals surface area contributed by atoms with Crippen LogP contribution in [0, 0.1) is 5.92 Å². The number of nitrogens with one attached hydrogen (secondary N) is 1. The summed E-state index contributed by atoms with van der Waals surface area (Å²) < 4.78 is 16.3. The molecule has 1 fully saturated rings. The summed E-state index contributed by atoms with van der Waals surface area (Å²) in [6, 6.07) is 12.6. The molecular weight excluding hydrogens is 420 g/mol. The van der Waals surface area contributed by atoms with Crippen LogP contribution in [-0.4, -0.2) is 45.3 Å². The number of methoxy groups -OCH3 is 1. The molecule has 1 amide bonds. The highest BCUT2D eigenvalue weighted by Crippen LogP contribution is 2.29. The van der Waals surface area contributed by atoms with Crippen LogP contribution in [0.4, 0.5) is 11.4 Å². The Morgan fingerprint density at radius 3 is 2.39 bits per heavy atom. The largest absolute Gasteiger partial charge is 0.493 e. The van der Waals surface area contributed by atoms with Crippen LogP contribution >= 0.6 is 0 Å². The molecule has 1 saturated heterocycles. The Balaban J connectivity index is 1.49. The average Bonchev–Trinajstić information content (AvgIpc) is 2.83. The fourth-order valence-electron chi connectivity index (χ4n) is 3.64. The number of carbonyl (C=O) groups is 2. The molecule has 0 aliphatic carbocycles. The first kappa shape index (κ1) is 24.4. The topological polar surface area (TPSA) is 77.1 Å². The molecule has 7 nitrogen and oxygen atoms in total. The maximum absolute atomic E-state index is 12.4. The van der Waals surface area contributed by atoms with Crippen molar-refractivity contribution in [1.82, 2.24) is 0 Å². The van der Waals surface area contributed by atoms with E-state index in [2.05, 4.69) is 24.1 Å².